The summed E-state index contributed by atoms with van der Waals surface area (Å²) in [4.78, 5) is 9.48. The van der Waals surface area contributed by atoms with Gasteiger partial charge >= 0.3 is 0 Å². The topological polar surface area (TPSA) is 48.7 Å². The maximum atomic E-state index is 4.50. The van der Waals surface area contributed by atoms with Crippen molar-refractivity contribution in [3.05, 3.63) is 18.0 Å². The Morgan fingerprint density at radius 2 is 2.00 bits per heavy atom. The number of aliphatic imine (C=N–C) groups is 1. The molecule has 0 aliphatic carbocycles. The fourth-order valence-corrected chi connectivity index (χ4v) is 3.89. The van der Waals surface area contributed by atoms with Crippen molar-refractivity contribution in [3.8, 4) is 0 Å². The van der Waals surface area contributed by atoms with Crippen LogP contribution in [0.1, 0.15) is 43.6 Å². The van der Waals surface area contributed by atoms with Crippen LogP contribution in [0.15, 0.2) is 17.4 Å². The monoisotopic (exact) mass is 460 g/mol. The Balaban J connectivity index is 0.00000225. The van der Waals surface area contributed by atoms with Gasteiger partial charge in [0.1, 0.15) is 0 Å². The quantitative estimate of drug-likeness (QED) is 0.426. The van der Waals surface area contributed by atoms with Crippen LogP contribution in [0, 0.1) is 0 Å². The van der Waals surface area contributed by atoms with Crippen LogP contribution in [0.5, 0.6) is 0 Å². The normalized spacial score (nSPS) is 22.6. The molecule has 0 bridgehead atoms. The molecule has 3 heterocycles. The second kappa shape index (κ2) is 10.4. The molecule has 1 aromatic heterocycles. The summed E-state index contributed by atoms with van der Waals surface area (Å²) in [5.41, 5.74) is 1.35. The Hall–Kier alpha value is -0.830. The summed E-state index contributed by atoms with van der Waals surface area (Å²) >= 11 is 0. The van der Waals surface area contributed by atoms with E-state index in [1.54, 1.807) is 0 Å². The molecule has 0 saturated carbocycles. The minimum absolute atomic E-state index is 0. The predicted molar refractivity (Wildman–Crippen MR) is 114 cm³/mol. The molecule has 7 heteroatoms. The van der Waals surface area contributed by atoms with Crippen molar-refractivity contribution in [1.29, 1.82) is 0 Å². The molecule has 2 aliphatic rings. The third-order valence-electron chi connectivity index (χ3n) is 5.31. The van der Waals surface area contributed by atoms with Crippen LogP contribution >= 0.6 is 24.0 Å². The number of guanidine groups is 1. The summed E-state index contributed by atoms with van der Waals surface area (Å²) in [6, 6.07) is 0. The van der Waals surface area contributed by atoms with Crippen LogP contribution in [0.25, 0.3) is 0 Å². The molecule has 0 aromatic carbocycles. The molecular weight excluding hydrogens is 427 g/mol. The summed E-state index contributed by atoms with van der Waals surface area (Å²) in [5, 5.41) is 7.88. The Labute approximate surface area is 169 Å². The van der Waals surface area contributed by atoms with Gasteiger partial charge in [0.2, 0.25) is 0 Å². The largest absolute Gasteiger partial charge is 0.355 e. The zero-order valence-corrected chi connectivity index (χ0v) is 18.0. The molecule has 2 fully saturated rings. The van der Waals surface area contributed by atoms with Gasteiger partial charge in [-0.1, -0.05) is 12.8 Å². The minimum atomic E-state index is 0. The molecule has 0 amide bonds. The third kappa shape index (κ3) is 5.84. The van der Waals surface area contributed by atoms with Crippen molar-refractivity contribution in [3.63, 3.8) is 0 Å². The Morgan fingerprint density at radius 1 is 1.24 bits per heavy atom. The molecule has 6 nitrogen and oxygen atoms in total. The molecule has 142 valence electrons. The van der Waals surface area contributed by atoms with Crippen LogP contribution in [-0.2, 0) is 7.05 Å². The molecular formula is C18H33IN6. The number of rotatable bonds is 4. The van der Waals surface area contributed by atoms with E-state index in [9.17, 15) is 0 Å². The van der Waals surface area contributed by atoms with Crippen molar-refractivity contribution >= 4 is 29.9 Å². The average Bonchev–Trinajstić information content (AvgIpc) is 3.15. The van der Waals surface area contributed by atoms with Crippen LogP contribution in [-0.4, -0.2) is 71.9 Å². The molecule has 1 unspecified atom stereocenters. The lowest BCUT2D eigenvalue weighted by Crippen LogP contribution is -2.43. The number of likely N-dealkylation sites (tertiary alicyclic amines) is 2. The number of hydrogen-bond acceptors (Lipinski definition) is 3. The summed E-state index contributed by atoms with van der Waals surface area (Å²) in [7, 11) is 3.88. The van der Waals surface area contributed by atoms with Gasteiger partial charge in [-0.2, -0.15) is 5.10 Å². The van der Waals surface area contributed by atoms with Gasteiger partial charge in [0.25, 0.3) is 0 Å². The summed E-state index contributed by atoms with van der Waals surface area (Å²) in [6.07, 6.45) is 10.8. The van der Waals surface area contributed by atoms with E-state index in [2.05, 4.69) is 31.4 Å². The van der Waals surface area contributed by atoms with Crippen molar-refractivity contribution in [2.45, 2.75) is 38.0 Å². The van der Waals surface area contributed by atoms with Crippen molar-refractivity contribution < 1.29 is 0 Å². The first kappa shape index (κ1) is 20.5. The van der Waals surface area contributed by atoms with Crippen molar-refractivity contribution in [1.82, 2.24) is 24.9 Å². The number of aryl methyl sites for hydroxylation is 1. The maximum Gasteiger partial charge on any atom is 0.193 e. The molecule has 0 spiro atoms. The molecule has 1 atom stereocenters. The van der Waals surface area contributed by atoms with Crippen LogP contribution in [0.3, 0.4) is 0 Å². The van der Waals surface area contributed by atoms with Crippen LogP contribution < -0.4 is 5.32 Å². The van der Waals surface area contributed by atoms with Gasteiger partial charge in [0.15, 0.2) is 5.96 Å². The van der Waals surface area contributed by atoms with Gasteiger partial charge in [-0.05, 0) is 37.9 Å². The molecule has 0 radical (unpaired) electrons. The van der Waals surface area contributed by atoms with E-state index >= 15 is 0 Å². The van der Waals surface area contributed by atoms with Crippen LogP contribution in [0.2, 0.25) is 0 Å². The van der Waals surface area contributed by atoms with Gasteiger partial charge in [0, 0.05) is 52.4 Å². The number of hydrogen-bond donors (Lipinski definition) is 1. The molecule has 25 heavy (non-hydrogen) atoms. The van der Waals surface area contributed by atoms with E-state index < -0.39 is 0 Å². The fourth-order valence-electron chi connectivity index (χ4n) is 3.89. The molecule has 1 N–H and O–H groups in total. The number of halogens is 1. The first-order valence-electron chi connectivity index (χ1n) is 9.43. The second-order valence-electron chi connectivity index (χ2n) is 7.11. The van der Waals surface area contributed by atoms with Gasteiger partial charge in [-0.25, -0.2) is 0 Å². The summed E-state index contributed by atoms with van der Waals surface area (Å²) < 4.78 is 1.90. The van der Waals surface area contributed by atoms with Gasteiger partial charge < -0.3 is 15.1 Å². The van der Waals surface area contributed by atoms with E-state index in [0.717, 1.165) is 32.1 Å². The Kier molecular flexibility index (Phi) is 8.48. The van der Waals surface area contributed by atoms with Crippen molar-refractivity contribution in [2.24, 2.45) is 12.0 Å². The fraction of sp³-hybridized carbons (Fsp3) is 0.778. The van der Waals surface area contributed by atoms with Gasteiger partial charge in [-0.15, -0.1) is 24.0 Å². The van der Waals surface area contributed by atoms with E-state index in [-0.39, 0.29) is 24.0 Å². The van der Waals surface area contributed by atoms with E-state index in [1.165, 1.54) is 50.8 Å². The summed E-state index contributed by atoms with van der Waals surface area (Å²) in [6.45, 7) is 6.73. The lowest BCUT2D eigenvalue weighted by atomic mass is 10.0. The second-order valence-corrected chi connectivity index (χ2v) is 7.11. The minimum Gasteiger partial charge on any atom is -0.355 e. The molecule has 2 saturated heterocycles. The highest BCUT2D eigenvalue weighted by molar-refractivity contribution is 14.0. The lowest BCUT2D eigenvalue weighted by Gasteiger charge is -2.24. The average molecular weight is 460 g/mol. The smallest absolute Gasteiger partial charge is 0.193 e. The van der Waals surface area contributed by atoms with Gasteiger partial charge in [0.05, 0.1) is 6.20 Å². The Morgan fingerprint density at radius 3 is 2.64 bits per heavy atom. The lowest BCUT2D eigenvalue weighted by molar-refractivity contribution is 0.288. The summed E-state index contributed by atoms with van der Waals surface area (Å²) in [5.74, 6) is 1.62. The van der Waals surface area contributed by atoms with Gasteiger partial charge in [-0.3, -0.25) is 9.67 Å². The number of aromatic nitrogens is 2. The first-order chi connectivity index (χ1) is 11.8. The molecule has 1 aromatic rings. The number of nitrogens with zero attached hydrogens (tertiary/aromatic N) is 5. The zero-order chi connectivity index (χ0) is 16.8. The Bertz CT molecular complexity index is 535. The highest BCUT2D eigenvalue weighted by Gasteiger charge is 2.26. The standard InChI is InChI=1S/C18H32N6.HI/c1-19-18(20-8-12-23-9-5-3-4-6-10-23)24-11-7-16(15-24)17-13-21-22(2)14-17;/h13-14,16H,3-12,15H2,1-2H3,(H,19,20);1H. The van der Waals surface area contributed by atoms with E-state index in [4.69, 9.17) is 0 Å². The van der Waals surface area contributed by atoms with E-state index in [0.29, 0.717) is 5.92 Å². The SMILES string of the molecule is CN=C(NCCN1CCCCCC1)N1CCC(c2cnn(C)c2)C1.I. The highest BCUT2D eigenvalue weighted by Crippen LogP contribution is 2.26. The number of nitrogens with one attached hydrogen (secondary N) is 1. The maximum absolute atomic E-state index is 4.50. The highest BCUT2D eigenvalue weighted by atomic mass is 127. The zero-order valence-electron chi connectivity index (χ0n) is 15.7. The predicted octanol–water partition coefficient (Wildman–Crippen LogP) is 2.28. The van der Waals surface area contributed by atoms with Crippen LogP contribution in [0.4, 0.5) is 0 Å². The molecule has 2 aliphatic heterocycles. The first-order valence-corrected chi connectivity index (χ1v) is 9.43. The molecule has 3 rings (SSSR count). The van der Waals surface area contributed by atoms with Crippen molar-refractivity contribution in [2.75, 3.05) is 46.3 Å². The third-order valence-corrected chi connectivity index (χ3v) is 5.31. The van der Waals surface area contributed by atoms with E-state index in [1.807, 2.05) is 25.0 Å².